The molecule has 1 saturated carbocycles. The molecule has 0 aromatic heterocycles. The highest BCUT2D eigenvalue weighted by molar-refractivity contribution is 5.87. The van der Waals surface area contributed by atoms with Gasteiger partial charge in [-0.25, -0.2) is 9.59 Å². The maximum atomic E-state index is 12.6. The van der Waals surface area contributed by atoms with E-state index in [9.17, 15) is 19.8 Å². The first-order chi connectivity index (χ1) is 16.2. The number of phenols is 1. The summed E-state index contributed by atoms with van der Waals surface area (Å²) >= 11 is 0. The highest BCUT2D eigenvalue weighted by Crippen LogP contribution is 2.45. The number of rotatable bonds is 9. The Hall–Kier alpha value is -2.62. The second-order valence-corrected chi connectivity index (χ2v) is 8.67. The summed E-state index contributed by atoms with van der Waals surface area (Å²) in [6.07, 6.45) is 2.29. The summed E-state index contributed by atoms with van der Waals surface area (Å²) in [4.78, 5) is 24.9. The number of aromatic hydroxyl groups is 1. The number of esters is 2. The van der Waals surface area contributed by atoms with E-state index in [1.807, 2.05) is 20.8 Å². The molecular formula is C25H34O9. The molecule has 1 saturated heterocycles. The average molecular weight is 479 g/mol. The van der Waals surface area contributed by atoms with Gasteiger partial charge in [-0.05, 0) is 43.0 Å². The van der Waals surface area contributed by atoms with Crippen LogP contribution in [-0.2, 0) is 28.5 Å². The van der Waals surface area contributed by atoms with Crippen LogP contribution in [-0.4, -0.2) is 65.6 Å². The summed E-state index contributed by atoms with van der Waals surface area (Å²) in [5.74, 6) is -2.02. The van der Waals surface area contributed by atoms with Gasteiger partial charge in [0.15, 0.2) is 22.9 Å². The molecule has 1 aromatic carbocycles. The minimum Gasteiger partial charge on any atom is -0.504 e. The standard InChI is InChI=1S/C25H34O9/c1-5-12-31-18-10-8-16(13-17(18)26)9-11-21(27)32-19-14-24(29,23(28)30-4)15-20-22(19)34-25(6-2,7-3)33-20/h8-11,13,19-20,22,26,29H,5-7,12,14-15H2,1-4H3/b11-9+/t19-,20-,22+,24-/m1/s1. The van der Waals surface area contributed by atoms with Gasteiger partial charge in [-0.2, -0.15) is 0 Å². The number of fused-ring (bicyclic) bond motifs is 1. The smallest absolute Gasteiger partial charge is 0.338 e. The molecule has 4 atom stereocenters. The van der Waals surface area contributed by atoms with E-state index in [1.54, 1.807) is 12.1 Å². The lowest BCUT2D eigenvalue weighted by atomic mass is 9.79. The van der Waals surface area contributed by atoms with Crippen molar-refractivity contribution >= 4 is 18.0 Å². The summed E-state index contributed by atoms with van der Waals surface area (Å²) < 4.78 is 28.1. The Morgan fingerprint density at radius 3 is 2.53 bits per heavy atom. The Kier molecular flexibility index (Phi) is 8.22. The summed E-state index contributed by atoms with van der Waals surface area (Å²) in [7, 11) is 1.19. The van der Waals surface area contributed by atoms with Crippen molar-refractivity contribution in [1.82, 2.24) is 0 Å². The van der Waals surface area contributed by atoms with E-state index in [2.05, 4.69) is 0 Å². The van der Waals surface area contributed by atoms with Crippen LogP contribution in [0.2, 0.25) is 0 Å². The molecule has 2 N–H and O–H groups in total. The van der Waals surface area contributed by atoms with Crippen LogP contribution in [0.4, 0.5) is 0 Å². The third-order valence-corrected chi connectivity index (χ3v) is 6.29. The molecule has 1 aromatic rings. The van der Waals surface area contributed by atoms with Crippen molar-refractivity contribution in [3.63, 3.8) is 0 Å². The number of carbonyl (C=O) groups is 2. The van der Waals surface area contributed by atoms with Crippen LogP contribution in [0.25, 0.3) is 6.08 Å². The molecule has 2 aliphatic rings. The molecule has 0 bridgehead atoms. The molecule has 0 amide bonds. The van der Waals surface area contributed by atoms with Gasteiger partial charge < -0.3 is 33.9 Å². The summed E-state index contributed by atoms with van der Waals surface area (Å²) in [6, 6.07) is 4.80. The Balaban J connectivity index is 1.74. The SMILES string of the molecule is CCCOc1ccc(/C=C/C(=O)O[C@@H]2C[C@](O)(C(=O)OC)C[C@H]3OC(CC)(CC)O[C@@H]23)cc1O. The largest absolute Gasteiger partial charge is 0.504 e. The third kappa shape index (κ3) is 5.54. The zero-order valence-electron chi connectivity index (χ0n) is 20.1. The average Bonchev–Trinajstić information content (AvgIpc) is 3.20. The quantitative estimate of drug-likeness (QED) is 0.407. The van der Waals surface area contributed by atoms with Gasteiger partial charge >= 0.3 is 11.9 Å². The maximum Gasteiger partial charge on any atom is 0.338 e. The first-order valence-corrected chi connectivity index (χ1v) is 11.7. The van der Waals surface area contributed by atoms with Crippen molar-refractivity contribution < 1.29 is 43.5 Å². The fraction of sp³-hybridized carbons (Fsp3) is 0.600. The monoisotopic (exact) mass is 478 g/mol. The van der Waals surface area contributed by atoms with Crippen LogP contribution in [0.15, 0.2) is 24.3 Å². The van der Waals surface area contributed by atoms with Gasteiger partial charge in [0.05, 0.1) is 19.8 Å². The van der Waals surface area contributed by atoms with E-state index in [0.717, 1.165) is 6.42 Å². The number of aliphatic hydroxyl groups is 1. The van der Waals surface area contributed by atoms with Crippen LogP contribution in [0.1, 0.15) is 58.4 Å². The number of benzene rings is 1. The molecule has 3 rings (SSSR count). The molecular weight excluding hydrogens is 444 g/mol. The molecule has 2 fully saturated rings. The Morgan fingerprint density at radius 1 is 1.18 bits per heavy atom. The highest BCUT2D eigenvalue weighted by Gasteiger charge is 2.59. The fourth-order valence-corrected chi connectivity index (χ4v) is 4.41. The number of hydrogen-bond donors (Lipinski definition) is 2. The van der Waals surface area contributed by atoms with Crippen molar-refractivity contribution in [1.29, 1.82) is 0 Å². The predicted octanol–water partition coefficient (Wildman–Crippen LogP) is 3.10. The minimum atomic E-state index is -1.86. The lowest BCUT2D eigenvalue weighted by Gasteiger charge is -2.39. The second-order valence-electron chi connectivity index (χ2n) is 8.67. The normalized spacial score (nSPS) is 27.9. The number of methoxy groups -OCH3 is 1. The number of hydrogen-bond acceptors (Lipinski definition) is 9. The number of phenolic OH excluding ortho intramolecular Hbond substituents is 1. The van der Waals surface area contributed by atoms with Crippen LogP contribution in [0.5, 0.6) is 11.5 Å². The van der Waals surface area contributed by atoms with E-state index in [1.165, 1.54) is 25.3 Å². The first kappa shape index (κ1) is 26.0. The van der Waals surface area contributed by atoms with Gasteiger partial charge in [0, 0.05) is 18.9 Å². The lowest BCUT2D eigenvalue weighted by Crippen LogP contribution is -2.56. The minimum absolute atomic E-state index is 0.0122. The number of carbonyl (C=O) groups excluding carboxylic acids is 2. The van der Waals surface area contributed by atoms with Gasteiger partial charge in [-0.15, -0.1) is 0 Å². The molecule has 34 heavy (non-hydrogen) atoms. The molecule has 0 spiro atoms. The van der Waals surface area contributed by atoms with E-state index < -0.39 is 41.6 Å². The summed E-state index contributed by atoms with van der Waals surface area (Å²) in [6.45, 7) is 6.29. The molecule has 1 aliphatic carbocycles. The Labute approximate surface area is 199 Å². The van der Waals surface area contributed by atoms with Crippen molar-refractivity contribution in [3.8, 4) is 11.5 Å². The van der Waals surface area contributed by atoms with Gasteiger partial charge in [0.25, 0.3) is 0 Å². The third-order valence-electron chi connectivity index (χ3n) is 6.29. The first-order valence-electron chi connectivity index (χ1n) is 11.7. The lowest BCUT2D eigenvalue weighted by molar-refractivity contribution is -0.191. The van der Waals surface area contributed by atoms with Crippen molar-refractivity contribution in [2.75, 3.05) is 13.7 Å². The van der Waals surface area contributed by atoms with Crippen LogP contribution in [0.3, 0.4) is 0 Å². The van der Waals surface area contributed by atoms with Gasteiger partial charge in [0.1, 0.15) is 12.2 Å². The number of ether oxygens (including phenoxy) is 5. The molecule has 0 unspecified atom stereocenters. The molecule has 9 nitrogen and oxygen atoms in total. The Bertz CT molecular complexity index is 908. The molecule has 0 radical (unpaired) electrons. The van der Waals surface area contributed by atoms with E-state index in [-0.39, 0.29) is 18.6 Å². The summed E-state index contributed by atoms with van der Waals surface area (Å²) in [5.41, 5.74) is -1.28. The molecule has 188 valence electrons. The van der Waals surface area contributed by atoms with Crippen molar-refractivity contribution in [2.24, 2.45) is 0 Å². The van der Waals surface area contributed by atoms with Gasteiger partial charge in [0.2, 0.25) is 0 Å². The van der Waals surface area contributed by atoms with E-state index >= 15 is 0 Å². The predicted molar refractivity (Wildman–Crippen MR) is 122 cm³/mol. The van der Waals surface area contributed by atoms with E-state index in [0.29, 0.717) is 30.8 Å². The second kappa shape index (κ2) is 10.8. The topological polar surface area (TPSA) is 121 Å². The maximum absolute atomic E-state index is 12.6. The molecule has 1 heterocycles. The van der Waals surface area contributed by atoms with Gasteiger partial charge in [-0.3, -0.25) is 0 Å². The van der Waals surface area contributed by atoms with Crippen molar-refractivity contribution in [3.05, 3.63) is 29.8 Å². The fourth-order valence-electron chi connectivity index (χ4n) is 4.41. The highest BCUT2D eigenvalue weighted by atomic mass is 16.8. The van der Waals surface area contributed by atoms with Crippen molar-refractivity contribution in [2.45, 2.75) is 82.6 Å². The zero-order valence-corrected chi connectivity index (χ0v) is 20.1. The van der Waals surface area contributed by atoms with E-state index in [4.69, 9.17) is 23.7 Å². The Morgan fingerprint density at radius 2 is 1.91 bits per heavy atom. The molecule has 9 heteroatoms. The van der Waals surface area contributed by atoms with Crippen LogP contribution < -0.4 is 4.74 Å². The zero-order chi connectivity index (χ0) is 24.9. The summed E-state index contributed by atoms with van der Waals surface area (Å²) in [5, 5.41) is 21.1. The van der Waals surface area contributed by atoms with Crippen LogP contribution in [0, 0.1) is 0 Å². The van der Waals surface area contributed by atoms with Crippen LogP contribution >= 0.6 is 0 Å². The molecule has 1 aliphatic heterocycles. The van der Waals surface area contributed by atoms with Gasteiger partial charge in [-0.1, -0.05) is 26.8 Å².